The number of hydrogen-bond acceptors (Lipinski definition) is 4. The van der Waals surface area contributed by atoms with Crippen LogP contribution in [0.25, 0.3) is 0 Å². The van der Waals surface area contributed by atoms with Gasteiger partial charge in [-0.05, 0) is 20.3 Å². The fourth-order valence-corrected chi connectivity index (χ4v) is 1.22. The van der Waals surface area contributed by atoms with Crippen LogP contribution in [0, 0.1) is 5.92 Å². The van der Waals surface area contributed by atoms with E-state index in [4.69, 9.17) is 15.2 Å². The average molecular weight is 217 g/mol. The molecule has 0 rings (SSSR count). The molecule has 0 aliphatic heterocycles. The van der Waals surface area contributed by atoms with Crippen LogP contribution >= 0.6 is 0 Å². The molecule has 1 atom stereocenters. The SMILES string of the molecule is CCCC(CN)C(=O)OCCOC(C)C. The van der Waals surface area contributed by atoms with E-state index >= 15 is 0 Å². The second-order valence-electron chi connectivity index (χ2n) is 3.81. The van der Waals surface area contributed by atoms with Crippen LogP contribution in [0.15, 0.2) is 0 Å². The topological polar surface area (TPSA) is 61.6 Å². The molecular formula is C11H23NO3. The van der Waals surface area contributed by atoms with Crippen molar-refractivity contribution in [3.8, 4) is 0 Å². The van der Waals surface area contributed by atoms with Crippen molar-refractivity contribution in [2.45, 2.75) is 39.7 Å². The molecule has 0 aromatic rings. The summed E-state index contributed by atoms with van der Waals surface area (Å²) in [6, 6.07) is 0. The zero-order chi connectivity index (χ0) is 11.7. The highest BCUT2D eigenvalue weighted by Crippen LogP contribution is 2.06. The predicted molar refractivity (Wildman–Crippen MR) is 59.5 cm³/mol. The molecular weight excluding hydrogens is 194 g/mol. The Morgan fingerprint density at radius 3 is 2.47 bits per heavy atom. The van der Waals surface area contributed by atoms with Crippen molar-refractivity contribution in [3.63, 3.8) is 0 Å². The Labute approximate surface area is 92.1 Å². The number of esters is 1. The predicted octanol–water partition coefficient (Wildman–Crippen LogP) is 1.33. The summed E-state index contributed by atoms with van der Waals surface area (Å²) in [7, 11) is 0. The van der Waals surface area contributed by atoms with Gasteiger partial charge in [-0.3, -0.25) is 4.79 Å². The van der Waals surface area contributed by atoms with Crippen LogP contribution < -0.4 is 5.73 Å². The van der Waals surface area contributed by atoms with Crippen LogP contribution in [-0.2, 0) is 14.3 Å². The van der Waals surface area contributed by atoms with Gasteiger partial charge in [0.15, 0.2) is 0 Å². The Balaban J connectivity index is 3.62. The van der Waals surface area contributed by atoms with E-state index in [0.717, 1.165) is 12.8 Å². The number of ether oxygens (including phenoxy) is 2. The highest BCUT2D eigenvalue weighted by atomic mass is 16.6. The number of hydrogen-bond donors (Lipinski definition) is 1. The normalized spacial score (nSPS) is 12.9. The van der Waals surface area contributed by atoms with Crippen LogP contribution in [0.1, 0.15) is 33.6 Å². The van der Waals surface area contributed by atoms with E-state index in [9.17, 15) is 4.79 Å². The Hall–Kier alpha value is -0.610. The fourth-order valence-electron chi connectivity index (χ4n) is 1.22. The second kappa shape index (κ2) is 8.68. The second-order valence-corrected chi connectivity index (χ2v) is 3.81. The smallest absolute Gasteiger partial charge is 0.310 e. The van der Waals surface area contributed by atoms with Crippen molar-refractivity contribution in [2.75, 3.05) is 19.8 Å². The lowest BCUT2D eigenvalue weighted by atomic mass is 10.0. The first-order valence-corrected chi connectivity index (χ1v) is 5.60. The van der Waals surface area contributed by atoms with Gasteiger partial charge in [-0.15, -0.1) is 0 Å². The summed E-state index contributed by atoms with van der Waals surface area (Å²) in [5, 5.41) is 0. The van der Waals surface area contributed by atoms with E-state index in [-0.39, 0.29) is 18.0 Å². The van der Waals surface area contributed by atoms with E-state index in [1.807, 2.05) is 20.8 Å². The molecule has 0 spiro atoms. The zero-order valence-corrected chi connectivity index (χ0v) is 9.99. The van der Waals surface area contributed by atoms with Gasteiger partial charge in [0.05, 0.1) is 18.6 Å². The molecule has 0 aliphatic rings. The van der Waals surface area contributed by atoms with Crippen LogP contribution in [0.2, 0.25) is 0 Å². The minimum Gasteiger partial charge on any atom is -0.463 e. The van der Waals surface area contributed by atoms with Gasteiger partial charge in [-0.1, -0.05) is 13.3 Å². The van der Waals surface area contributed by atoms with E-state index in [1.54, 1.807) is 0 Å². The Morgan fingerprint density at radius 1 is 1.33 bits per heavy atom. The van der Waals surface area contributed by atoms with Crippen molar-refractivity contribution in [1.29, 1.82) is 0 Å². The molecule has 0 radical (unpaired) electrons. The third-order valence-electron chi connectivity index (χ3n) is 2.03. The fraction of sp³-hybridized carbons (Fsp3) is 0.909. The van der Waals surface area contributed by atoms with Gasteiger partial charge >= 0.3 is 5.97 Å². The first kappa shape index (κ1) is 14.4. The summed E-state index contributed by atoms with van der Waals surface area (Å²) in [4.78, 5) is 11.5. The van der Waals surface area contributed by atoms with Crippen molar-refractivity contribution >= 4 is 5.97 Å². The van der Waals surface area contributed by atoms with Crippen molar-refractivity contribution < 1.29 is 14.3 Å². The van der Waals surface area contributed by atoms with Gasteiger partial charge in [0.2, 0.25) is 0 Å². The third kappa shape index (κ3) is 7.33. The lowest BCUT2D eigenvalue weighted by molar-refractivity contribution is -0.150. The first-order valence-electron chi connectivity index (χ1n) is 5.60. The molecule has 4 nitrogen and oxygen atoms in total. The minimum atomic E-state index is -0.202. The molecule has 0 aromatic heterocycles. The first-order chi connectivity index (χ1) is 7.11. The highest BCUT2D eigenvalue weighted by Gasteiger charge is 2.16. The Bertz CT molecular complexity index is 171. The van der Waals surface area contributed by atoms with Crippen LogP contribution in [0.4, 0.5) is 0 Å². The number of nitrogens with two attached hydrogens (primary N) is 1. The molecule has 0 saturated heterocycles. The van der Waals surface area contributed by atoms with Gasteiger partial charge in [-0.25, -0.2) is 0 Å². The highest BCUT2D eigenvalue weighted by molar-refractivity contribution is 5.72. The molecule has 0 fully saturated rings. The molecule has 0 saturated carbocycles. The summed E-state index contributed by atoms with van der Waals surface area (Å²) in [5.41, 5.74) is 5.48. The summed E-state index contributed by atoms with van der Waals surface area (Å²) in [6.45, 7) is 7.04. The number of rotatable bonds is 8. The van der Waals surface area contributed by atoms with Gasteiger partial charge in [0.25, 0.3) is 0 Å². The van der Waals surface area contributed by atoms with E-state index in [2.05, 4.69) is 0 Å². The molecule has 0 amide bonds. The van der Waals surface area contributed by atoms with E-state index < -0.39 is 0 Å². The Kier molecular flexibility index (Phi) is 8.33. The molecule has 90 valence electrons. The molecule has 2 N–H and O–H groups in total. The summed E-state index contributed by atoms with van der Waals surface area (Å²) in [6.07, 6.45) is 1.91. The molecule has 4 heteroatoms. The molecule has 0 aromatic carbocycles. The maximum Gasteiger partial charge on any atom is 0.310 e. The number of carbonyl (C=O) groups excluding carboxylic acids is 1. The molecule has 0 aliphatic carbocycles. The maximum absolute atomic E-state index is 11.5. The van der Waals surface area contributed by atoms with Crippen LogP contribution in [0.3, 0.4) is 0 Å². The van der Waals surface area contributed by atoms with E-state index in [1.165, 1.54) is 0 Å². The zero-order valence-electron chi connectivity index (χ0n) is 9.99. The van der Waals surface area contributed by atoms with Gasteiger partial charge < -0.3 is 15.2 Å². The molecule has 1 unspecified atom stereocenters. The standard InChI is InChI=1S/C11H23NO3/c1-4-5-10(8-12)11(13)15-7-6-14-9(2)3/h9-10H,4-8,12H2,1-3H3. The maximum atomic E-state index is 11.5. The Morgan fingerprint density at radius 2 is 2.00 bits per heavy atom. The van der Waals surface area contributed by atoms with Gasteiger partial charge in [-0.2, -0.15) is 0 Å². The van der Waals surface area contributed by atoms with Crippen molar-refractivity contribution in [1.82, 2.24) is 0 Å². The average Bonchev–Trinajstić information content (AvgIpc) is 2.20. The van der Waals surface area contributed by atoms with E-state index in [0.29, 0.717) is 19.8 Å². The lowest BCUT2D eigenvalue weighted by Crippen LogP contribution is -2.26. The monoisotopic (exact) mass is 217 g/mol. The lowest BCUT2D eigenvalue weighted by Gasteiger charge is -2.13. The van der Waals surface area contributed by atoms with Gasteiger partial charge in [0, 0.05) is 6.54 Å². The largest absolute Gasteiger partial charge is 0.463 e. The third-order valence-corrected chi connectivity index (χ3v) is 2.03. The van der Waals surface area contributed by atoms with Crippen LogP contribution in [-0.4, -0.2) is 31.8 Å². The molecule has 15 heavy (non-hydrogen) atoms. The summed E-state index contributed by atoms with van der Waals surface area (Å²) < 4.78 is 10.3. The van der Waals surface area contributed by atoms with Crippen molar-refractivity contribution in [3.05, 3.63) is 0 Å². The van der Waals surface area contributed by atoms with Crippen molar-refractivity contribution in [2.24, 2.45) is 11.7 Å². The van der Waals surface area contributed by atoms with Crippen LogP contribution in [0.5, 0.6) is 0 Å². The summed E-state index contributed by atoms with van der Waals surface area (Å²) >= 11 is 0. The minimum absolute atomic E-state index is 0.158. The summed E-state index contributed by atoms with van der Waals surface area (Å²) in [5.74, 6) is -0.360. The molecule has 0 bridgehead atoms. The quantitative estimate of drug-likeness (QED) is 0.492. The number of carbonyl (C=O) groups is 1. The van der Waals surface area contributed by atoms with Gasteiger partial charge in [0.1, 0.15) is 6.61 Å². The molecule has 0 heterocycles.